The number of aryl methyl sites for hydroxylation is 3. The van der Waals surface area contributed by atoms with Crippen LogP contribution in [0.25, 0.3) is 11.0 Å². The summed E-state index contributed by atoms with van der Waals surface area (Å²) in [5, 5.41) is 0. The predicted octanol–water partition coefficient (Wildman–Crippen LogP) is 5.64. The van der Waals surface area contributed by atoms with E-state index in [9.17, 15) is 4.79 Å². The summed E-state index contributed by atoms with van der Waals surface area (Å²) in [7, 11) is 0. The summed E-state index contributed by atoms with van der Waals surface area (Å²) in [6.45, 7) is 6.22. The molecule has 0 bridgehead atoms. The Bertz CT molecular complexity index is 1280. The third kappa shape index (κ3) is 4.49. The van der Waals surface area contributed by atoms with E-state index in [-0.39, 0.29) is 11.8 Å². The molecule has 0 radical (unpaired) electrons. The molecule has 1 saturated heterocycles. The number of hydrogen-bond acceptors (Lipinski definition) is 3. The summed E-state index contributed by atoms with van der Waals surface area (Å²) in [5.41, 5.74) is 5.44. The van der Waals surface area contributed by atoms with Crippen molar-refractivity contribution >= 4 is 22.6 Å². The van der Waals surface area contributed by atoms with E-state index in [1.54, 1.807) is 0 Å². The Balaban J connectivity index is 1.34. The molecule has 0 saturated carbocycles. The topological polar surface area (TPSA) is 47.4 Å². The van der Waals surface area contributed by atoms with Crippen LogP contribution in [0, 0.1) is 13.8 Å². The fourth-order valence-corrected chi connectivity index (χ4v) is 4.61. The quantitative estimate of drug-likeness (QED) is 0.350. The van der Waals surface area contributed by atoms with Crippen molar-refractivity contribution in [3.63, 3.8) is 0 Å². The summed E-state index contributed by atoms with van der Waals surface area (Å²) in [4.78, 5) is 19.7. The van der Waals surface area contributed by atoms with Crippen molar-refractivity contribution in [2.45, 2.75) is 39.2 Å². The fourth-order valence-electron chi connectivity index (χ4n) is 4.61. The number of amides is 1. The Labute approximate surface area is 194 Å². The number of aromatic nitrogens is 2. The lowest BCUT2D eigenvalue weighted by Crippen LogP contribution is -2.24. The average Bonchev–Trinajstić information content (AvgIpc) is 3.38. The number of carbonyl (C=O) groups excluding carboxylic acids is 1. The van der Waals surface area contributed by atoms with Crippen molar-refractivity contribution in [3.8, 4) is 5.75 Å². The van der Waals surface area contributed by atoms with Gasteiger partial charge < -0.3 is 14.2 Å². The minimum Gasteiger partial charge on any atom is -0.494 e. The lowest BCUT2D eigenvalue weighted by molar-refractivity contribution is -0.117. The summed E-state index contributed by atoms with van der Waals surface area (Å²) in [6.07, 6.45) is 1.35. The van der Waals surface area contributed by atoms with E-state index < -0.39 is 0 Å². The van der Waals surface area contributed by atoms with E-state index in [4.69, 9.17) is 9.72 Å². The van der Waals surface area contributed by atoms with Crippen LogP contribution < -0.4 is 9.64 Å². The van der Waals surface area contributed by atoms with Gasteiger partial charge in [-0.05, 0) is 62.2 Å². The van der Waals surface area contributed by atoms with Gasteiger partial charge in [-0.1, -0.05) is 42.0 Å². The third-order valence-electron chi connectivity index (χ3n) is 6.30. The highest BCUT2D eigenvalue weighted by atomic mass is 16.5. The van der Waals surface area contributed by atoms with Crippen molar-refractivity contribution in [1.82, 2.24) is 9.55 Å². The second-order valence-corrected chi connectivity index (χ2v) is 8.87. The second-order valence-electron chi connectivity index (χ2n) is 8.87. The normalized spacial score (nSPS) is 16.0. The molecule has 3 aromatic carbocycles. The van der Waals surface area contributed by atoms with Crippen LogP contribution in [0.3, 0.4) is 0 Å². The second kappa shape index (κ2) is 9.10. The molecule has 1 aliphatic heterocycles. The first-order valence-electron chi connectivity index (χ1n) is 11.6. The lowest BCUT2D eigenvalue weighted by atomic mass is 10.1. The maximum Gasteiger partial charge on any atom is 0.227 e. The fraction of sp³-hybridized carbons (Fsp3) is 0.286. The minimum absolute atomic E-state index is 0.0731. The lowest BCUT2D eigenvalue weighted by Gasteiger charge is -2.18. The first kappa shape index (κ1) is 21.3. The third-order valence-corrected chi connectivity index (χ3v) is 6.30. The molecule has 5 rings (SSSR count). The molecule has 5 nitrogen and oxygen atoms in total. The molecule has 5 heteroatoms. The van der Waals surface area contributed by atoms with Crippen LogP contribution in [0.1, 0.15) is 35.7 Å². The molecule has 4 aromatic rings. The van der Waals surface area contributed by atoms with Gasteiger partial charge in [0.15, 0.2) is 0 Å². The van der Waals surface area contributed by atoms with Gasteiger partial charge in [-0.25, -0.2) is 4.98 Å². The first-order valence-corrected chi connectivity index (χ1v) is 11.6. The number of nitrogens with zero attached hydrogens (tertiary/aromatic N) is 3. The molecule has 33 heavy (non-hydrogen) atoms. The smallest absolute Gasteiger partial charge is 0.227 e. The highest BCUT2D eigenvalue weighted by Gasteiger charge is 2.34. The number of fused-ring (bicyclic) bond motifs is 1. The SMILES string of the molecule is Cc1ccc(N2C[C@@H](c3nc4ccccc4n3CCCOc3cccc(C)c3)CC2=O)cc1. The maximum absolute atomic E-state index is 12.9. The molecule has 0 spiro atoms. The van der Waals surface area contributed by atoms with Gasteiger partial charge in [0.1, 0.15) is 11.6 Å². The Morgan fingerprint density at radius 3 is 2.61 bits per heavy atom. The maximum atomic E-state index is 12.9. The van der Waals surface area contributed by atoms with Crippen LogP contribution in [0.5, 0.6) is 5.75 Å². The molecule has 1 fully saturated rings. The van der Waals surface area contributed by atoms with Crippen LogP contribution in [0.2, 0.25) is 0 Å². The van der Waals surface area contributed by atoms with Crippen LogP contribution in [-0.4, -0.2) is 28.6 Å². The number of para-hydroxylation sites is 2. The number of benzene rings is 3. The van der Waals surface area contributed by atoms with E-state index in [2.05, 4.69) is 48.7 Å². The van der Waals surface area contributed by atoms with Crippen molar-refractivity contribution in [1.29, 1.82) is 0 Å². The van der Waals surface area contributed by atoms with E-state index in [0.717, 1.165) is 41.3 Å². The van der Waals surface area contributed by atoms with Gasteiger partial charge in [0.2, 0.25) is 5.91 Å². The molecule has 1 amide bonds. The Kier molecular flexibility index (Phi) is 5.86. The van der Waals surface area contributed by atoms with Gasteiger partial charge in [-0.3, -0.25) is 4.79 Å². The zero-order valence-electron chi connectivity index (χ0n) is 19.2. The predicted molar refractivity (Wildman–Crippen MR) is 132 cm³/mol. The average molecular weight is 440 g/mol. The molecule has 2 heterocycles. The molecule has 1 aliphatic rings. The number of rotatable bonds is 7. The van der Waals surface area contributed by atoms with E-state index in [1.165, 1.54) is 11.1 Å². The minimum atomic E-state index is 0.0731. The van der Waals surface area contributed by atoms with Crippen LogP contribution >= 0.6 is 0 Å². The van der Waals surface area contributed by atoms with Gasteiger partial charge in [-0.15, -0.1) is 0 Å². The highest BCUT2D eigenvalue weighted by molar-refractivity contribution is 5.96. The Hall–Kier alpha value is -3.60. The van der Waals surface area contributed by atoms with Crippen LogP contribution in [-0.2, 0) is 11.3 Å². The van der Waals surface area contributed by atoms with E-state index in [0.29, 0.717) is 19.6 Å². The summed E-state index contributed by atoms with van der Waals surface area (Å²) in [5.74, 6) is 2.13. The molecule has 0 aliphatic carbocycles. The molecule has 1 atom stereocenters. The van der Waals surface area contributed by atoms with Gasteiger partial charge in [-0.2, -0.15) is 0 Å². The van der Waals surface area contributed by atoms with Crippen molar-refractivity contribution in [3.05, 3.63) is 89.7 Å². The number of imidazole rings is 1. The molecule has 0 unspecified atom stereocenters. The largest absolute Gasteiger partial charge is 0.494 e. The monoisotopic (exact) mass is 439 g/mol. The van der Waals surface area contributed by atoms with Crippen LogP contribution in [0.15, 0.2) is 72.8 Å². The molecule has 0 N–H and O–H groups in total. The molecular formula is C28H29N3O2. The van der Waals surface area contributed by atoms with Crippen molar-refractivity contribution in [2.24, 2.45) is 0 Å². The highest BCUT2D eigenvalue weighted by Crippen LogP contribution is 2.33. The number of carbonyl (C=O) groups is 1. The Morgan fingerprint density at radius 1 is 0.970 bits per heavy atom. The number of ether oxygens (including phenoxy) is 1. The van der Waals surface area contributed by atoms with E-state index >= 15 is 0 Å². The summed E-state index contributed by atoms with van der Waals surface area (Å²) < 4.78 is 8.25. The zero-order valence-corrected chi connectivity index (χ0v) is 19.2. The standard InChI is InChI=1S/C28H29N3O2/c1-20-11-13-23(14-12-20)31-19-22(18-27(31)32)28-29-25-9-3-4-10-26(25)30(28)15-6-16-33-24-8-5-7-21(2)17-24/h3-5,7-14,17,22H,6,15-16,18-19H2,1-2H3/t22-/m0/s1. The Morgan fingerprint density at radius 2 is 1.79 bits per heavy atom. The first-order chi connectivity index (χ1) is 16.1. The van der Waals surface area contributed by atoms with Gasteiger partial charge in [0.25, 0.3) is 0 Å². The summed E-state index contributed by atoms with van der Waals surface area (Å²) >= 11 is 0. The van der Waals surface area contributed by atoms with Crippen LogP contribution in [0.4, 0.5) is 5.69 Å². The number of hydrogen-bond donors (Lipinski definition) is 0. The van der Waals surface area contributed by atoms with Gasteiger partial charge in [0.05, 0.1) is 17.6 Å². The molecule has 168 valence electrons. The van der Waals surface area contributed by atoms with Crippen molar-refractivity contribution in [2.75, 3.05) is 18.1 Å². The van der Waals surface area contributed by atoms with Crippen molar-refractivity contribution < 1.29 is 9.53 Å². The summed E-state index contributed by atoms with van der Waals surface area (Å²) in [6, 6.07) is 24.5. The number of anilines is 1. The van der Waals surface area contributed by atoms with Gasteiger partial charge >= 0.3 is 0 Å². The van der Waals surface area contributed by atoms with E-state index in [1.807, 2.05) is 47.4 Å². The van der Waals surface area contributed by atoms with Gasteiger partial charge in [0, 0.05) is 31.1 Å². The molecule has 1 aromatic heterocycles. The zero-order chi connectivity index (χ0) is 22.8. The molecular weight excluding hydrogens is 410 g/mol.